The number of benzene rings is 1. The molecule has 0 aliphatic carbocycles. The predicted octanol–water partition coefficient (Wildman–Crippen LogP) is 2.85. The number of hydrogen-bond acceptors (Lipinski definition) is 8. The van der Waals surface area contributed by atoms with Crippen molar-refractivity contribution in [3.63, 3.8) is 0 Å². The average Bonchev–Trinajstić information content (AvgIpc) is 3.10. The Labute approximate surface area is 160 Å². The lowest BCUT2D eigenvalue weighted by molar-refractivity contribution is -0.142. The molecule has 0 aliphatic rings. The Bertz CT molecular complexity index is 960. The summed E-state index contributed by atoms with van der Waals surface area (Å²) in [7, 11) is 3.16. The summed E-state index contributed by atoms with van der Waals surface area (Å²) in [4.78, 5) is 11.9. The van der Waals surface area contributed by atoms with Crippen LogP contribution in [0.15, 0.2) is 35.4 Å². The molecule has 0 amide bonds. The second-order valence-electron chi connectivity index (χ2n) is 5.55. The zero-order chi connectivity index (χ0) is 19.4. The number of methoxy groups -OCH3 is 2. The molecule has 3 rings (SSSR count). The van der Waals surface area contributed by atoms with E-state index in [9.17, 15) is 4.79 Å². The highest BCUT2D eigenvalue weighted by Gasteiger charge is 2.18. The molecule has 142 valence electrons. The standard InChI is InChI=1S/C18H20N4O4S/c1-5-26-18(23)11(2)27-16-9-8-15-19-20-17(22(15)21-16)12-6-7-13(24-3)14(10-12)25-4/h6-11H,5H2,1-4H3/t11-/m1/s1. The van der Waals surface area contributed by atoms with Gasteiger partial charge in [-0.1, -0.05) is 11.8 Å². The van der Waals surface area contributed by atoms with Crippen molar-refractivity contribution in [2.24, 2.45) is 0 Å². The molecule has 27 heavy (non-hydrogen) atoms. The van der Waals surface area contributed by atoms with Gasteiger partial charge >= 0.3 is 5.97 Å². The highest BCUT2D eigenvalue weighted by Crippen LogP contribution is 2.32. The fourth-order valence-electron chi connectivity index (χ4n) is 2.48. The fourth-order valence-corrected chi connectivity index (χ4v) is 3.28. The minimum absolute atomic E-state index is 0.270. The van der Waals surface area contributed by atoms with Crippen molar-refractivity contribution in [2.75, 3.05) is 20.8 Å². The van der Waals surface area contributed by atoms with Gasteiger partial charge in [-0.2, -0.15) is 9.61 Å². The Balaban J connectivity index is 1.95. The Morgan fingerprint density at radius 2 is 1.93 bits per heavy atom. The molecule has 0 unspecified atom stereocenters. The summed E-state index contributed by atoms with van der Waals surface area (Å²) in [6.07, 6.45) is 0. The molecule has 0 saturated heterocycles. The van der Waals surface area contributed by atoms with Crippen LogP contribution in [0, 0.1) is 0 Å². The zero-order valence-corrected chi connectivity index (χ0v) is 16.3. The maximum atomic E-state index is 11.9. The van der Waals surface area contributed by atoms with E-state index in [2.05, 4.69) is 15.3 Å². The first-order valence-corrected chi connectivity index (χ1v) is 9.23. The highest BCUT2D eigenvalue weighted by molar-refractivity contribution is 8.00. The van der Waals surface area contributed by atoms with E-state index in [0.717, 1.165) is 5.56 Å². The van der Waals surface area contributed by atoms with Gasteiger partial charge in [0.25, 0.3) is 0 Å². The highest BCUT2D eigenvalue weighted by atomic mass is 32.2. The second kappa shape index (κ2) is 8.26. The van der Waals surface area contributed by atoms with Crippen LogP contribution in [-0.4, -0.2) is 51.9 Å². The Hall–Kier alpha value is -2.81. The van der Waals surface area contributed by atoms with E-state index in [1.165, 1.54) is 11.8 Å². The Morgan fingerprint density at radius 1 is 1.15 bits per heavy atom. The van der Waals surface area contributed by atoms with E-state index < -0.39 is 0 Å². The van der Waals surface area contributed by atoms with Crippen LogP contribution >= 0.6 is 11.8 Å². The van der Waals surface area contributed by atoms with E-state index >= 15 is 0 Å². The normalized spacial score (nSPS) is 12.0. The molecular formula is C18H20N4O4S. The number of ether oxygens (including phenoxy) is 3. The molecule has 0 saturated carbocycles. The van der Waals surface area contributed by atoms with Crippen LogP contribution in [0.4, 0.5) is 0 Å². The molecule has 0 N–H and O–H groups in total. The molecule has 0 aliphatic heterocycles. The molecule has 9 heteroatoms. The van der Waals surface area contributed by atoms with Crippen LogP contribution in [0.3, 0.4) is 0 Å². The number of rotatable bonds is 7. The average molecular weight is 388 g/mol. The number of aromatic nitrogens is 4. The van der Waals surface area contributed by atoms with Crippen molar-refractivity contribution in [2.45, 2.75) is 24.1 Å². The lowest BCUT2D eigenvalue weighted by Gasteiger charge is -2.10. The summed E-state index contributed by atoms with van der Waals surface area (Å²) >= 11 is 1.32. The van der Waals surface area contributed by atoms with Crippen LogP contribution in [0.25, 0.3) is 17.0 Å². The van der Waals surface area contributed by atoms with Crippen molar-refractivity contribution in [1.29, 1.82) is 0 Å². The number of thioether (sulfide) groups is 1. The van der Waals surface area contributed by atoms with Crippen LogP contribution in [-0.2, 0) is 9.53 Å². The molecule has 0 spiro atoms. The number of nitrogens with zero attached hydrogens (tertiary/aromatic N) is 4. The summed E-state index contributed by atoms with van der Waals surface area (Å²) < 4.78 is 17.3. The molecule has 2 heterocycles. The maximum Gasteiger partial charge on any atom is 0.319 e. The SMILES string of the molecule is CCOC(=O)[C@@H](C)Sc1ccc2nnc(-c3ccc(OC)c(OC)c3)n2n1. The first-order valence-electron chi connectivity index (χ1n) is 8.35. The third-order valence-corrected chi connectivity index (χ3v) is 4.80. The summed E-state index contributed by atoms with van der Waals surface area (Å²) in [5.74, 6) is 1.52. The smallest absolute Gasteiger partial charge is 0.319 e. The van der Waals surface area contributed by atoms with E-state index in [0.29, 0.717) is 34.6 Å². The van der Waals surface area contributed by atoms with Gasteiger partial charge in [0.15, 0.2) is 23.0 Å². The van der Waals surface area contributed by atoms with Crippen molar-refractivity contribution in [1.82, 2.24) is 19.8 Å². The molecule has 0 radical (unpaired) electrons. The molecule has 0 fully saturated rings. The monoisotopic (exact) mass is 388 g/mol. The van der Waals surface area contributed by atoms with Crippen LogP contribution in [0.2, 0.25) is 0 Å². The van der Waals surface area contributed by atoms with Gasteiger partial charge in [0, 0.05) is 5.56 Å². The van der Waals surface area contributed by atoms with E-state index in [1.807, 2.05) is 24.3 Å². The molecule has 1 aromatic carbocycles. The third-order valence-electron chi connectivity index (χ3n) is 3.80. The summed E-state index contributed by atoms with van der Waals surface area (Å²) in [6, 6.07) is 9.10. The topological polar surface area (TPSA) is 87.8 Å². The summed E-state index contributed by atoms with van der Waals surface area (Å²) in [5, 5.41) is 13.3. The number of carbonyl (C=O) groups is 1. The quantitative estimate of drug-likeness (QED) is 0.451. The second-order valence-corrected chi connectivity index (χ2v) is 6.91. The van der Waals surface area contributed by atoms with Gasteiger partial charge < -0.3 is 14.2 Å². The van der Waals surface area contributed by atoms with Crippen LogP contribution in [0.5, 0.6) is 11.5 Å². The number of carbonyl (C=O) groups excluding carboxylic acids is 1. The number of hydrogen-bond donors (Lipinski definition) is 0. The van der Waals surface area contributed by atoms with Gasteiger partial charge in [-0.15, -0.1) is 10.2 Å². The third kappa shape index (κ3) is 3.97. The van der Waals surface area contributed by atoms with Crippen molar-refractivity contribution >= 4 is 23.4 Å². The van der Waals surface area contributed by atoms with Crippen molar-refractivity contribution in [3.05, 3.63) is 30.3 Å². The van der Waals surface area contributed by atoms with Gasteiger partial charge in [0.05, 0.1) is 20.8 Å². The maximum absolute atomic E-state index is 11.9. The molecular weight excluding hydrogens is 368 g/mol. The van der Waals surface area contributed by atoms with Crippen molar-refractivity contribution < 1.29 is 19.0 Å². The predicted molar refractivity (Wildman–Crippen MR) is 101 cm³/mol. The Morgan fingerprint density at radius 3 is 2.63 bits per heavy atom. The molecule has 3 aromatic rings. The zero-order valence-electron chi connectivity index (χ0n) is 15.5. The van der Waals surface area contributed by atoms with Gasteiger partial charge in [-0.3, -0.25) is 4.79 Å². The fraction of sp³-hybridized carbons (Fsp3) is 0.333. The lowest BCUT2D eigenvalue weighted by atomic mass is 10.2. The largest absolute Gasteiger partial charge is 0.493 e. The van der Waals surface area contributed by atoms with Gasteiger partial charge in [-0.05, 0) is 44.2 Å². The number of fused-ring (bicyclic) bond motifs is 1. The van der Waals surface area contributed by atoms with E-state index in [4.69, 9.17) is 14.2 Å². The summed E-state index contributed by atoms with van der Waals surface area (Å²) in [5.41, 5.74) is 1.39. The van der Waals surface area contributed by atoms with E-state index in [1.54, 1.807) is 38.6 Å². The molecule has 8 nitrogen and oxygen atoms in total. The molecule has 2 aromatic heterocycles. The van der Waals surface area contributed by atoms with Crippen LogP contribution < -0.4 is 9.47 Å². The van der Waals surface area contributed by atoms with Gasteiger partial charge in [-0.25, -0.2) is 0 Å². The molecule has 0 bridgehead atoms. The summed E-state index contributed by atoms with van der Waals surface area (Å²) in [6.45, 7) is 3.92. The van der Waals surface area contributed by atoms with Gasteiger partial charge in [0.2, 0.25) is 0 Å². The first kappa shape index (κ1) is 19.0. The minimum Gasteiger partial charge on any atom is -0.493 e. The van der Waals surface area contributed by atoms with Crippen LogP contribution in [0.1, 0.15) is 13.8 Å². The number of esters is 1. The first-order chi connectivity index (χ1) is 13.1. The van der Waals surface area contributed by atoms with Gasteiger partial charge in [0.1, 0.15) is 10.3 Å². The molecule has 1 atom stereocenters. The van der Waals surface area contributed by atoms with E-state index in [-0.39, 0.29) is 11.2 Å². The van der Waals surface area contributed by atoms with Crippen molar-refractivity contribution in [3.8, 4) is 22.9 Å². The minimum atomic E-state index is -0.365. The Kier molecular flexibility index (Phi) is 5.80. The lowest BCUT2D eigenvalue weighted by Crippen LogP contribution is -2.17.